The van der Waals surface area contributed by atoms with Crippen LogP contribution < -0.4 is 10.6 Å². The van der Waals surface area contributed by atoms with E-state index in [4.69, 9.17) is 28.9 Å². The van der Waals surface area contributed by atoms with Crippen molar-refractivity contribution in [1.29, 1.82) is 0 Å². The molecular weight excluding hydrogens is 347 g/mol. The van der Waals surface area contributed by atoms with Crippen molar-refractivity contribution in [3.8, 4) is 0 Å². The van der Waals surface area contributed by atoms with Crippen LogP contribution in [0.3, 0.4) is 0 Å². The molecule has 0 bridgehead atoms. The zero-order valence-electron chi connectivity index (χ0n) is 9.96. The van der Waals surface area contributed by atoms with Gasteiger partial charge < -0.3 is 10.6 Å². The maximum atomic E-state index is 6.31. The standard InChI is InChI=1S/C14H11BrCl2N2/c15-10-4-12(16)14(13(17)5-10)19-6-8-1-2-11(18)3-9(8)7-19/h1-5H,6-7,18H2. The van der Waals surface area contributed by atoms with E-state index >= 15 is 0 Å². The maximum Gasteiger partial charge on any atom is 0.0751 e. The molecule has 2 aromatic carbocycles. The average molecular weight is 358 g/mol. The fraction of sp³-hybridized carbons (Fsp3) is 0.143. The smallest absolute Gasteiger partial charge is 0.0751 e. The van der Waals surface area contributed by atoms with Gasteiger partial charge in [-0.2, -0.15) is 0 Å². The normalized spacial score (nSPS) is 13.7. The molecule has 2 N–H and O–H groups in total. The van der Waals surface area contributed by atoms with E-state index in [1.807, 2.05) is 24.3 Å². The van der Waals surface area contributed by atoms with Gasteiger partial charge in [0.05, 0.1) is 15.7 Å². The van der Waals surface area contributed by atoms with Gasteiger partial charge in [0.2, 0.25) is 0 Å². The molecule has 0 fully saturated rings. The number of fused-ring (bicyclic) bond motifs is 1. The summed E-state index contributed by atoms with van der Waals surface area (Å²) < 4.78 is 0.882. The number of hydrogen-bond acceptors (Lipinski definition) is 2. The Morgan fingerprint density at radius 1 is 1.00 bits per heavy atom. The monoisotopic (exact) mass is 356 g/mol. The van der Waals surface area contributed by atoms with Gasteiger partial charge in [0.1, 0.15) is 0 Å². The molecule has 19 heavy (non-hydrogen) atoms. The molecule has 2 aromatic rings. The van der Waals surface area contributed by atoms with E-state index in [1.54, 1.807) is 0 Å². The summed E-state index contributed by atoms with van der Waals surface area (Å²) in [5, 5.41) is 1.31. The van der Waals surface area contributed by atoms with E-state index < -0.39 is 0 Å². The Balaban J connectivity index is 1.99. The van der Waals surface area contributed by atoms with Crippen molar-refractivity contribution in [2.45, 2.75) is 13.1 Å². The van der Waals surface area contributed by atoms with Crippen molar-refractivity contribution in [1.82, 2.24) is 0 Å². The van der Waals surface area contributed by atoms with Crippen LogP contribution in [0.4, 0.5) is 11.4 Å². The lowest BCUT2D eigenvalue weighted by atomic mass is 10.1. The highest BCUT2D eigenvalue weighted by atomic mass is 79.9. The SMILES string of the molecule is Nc1ccc2c(c1)CN(c1c(Cl)cc(Br)cc1Cl)C2. The molecule has 0 amide bonds. The van der Waals surface area contributed by atoms with Crippen LogP contribution in [0.2, 0.25) is 10.0 Å². The fourth-order valence-electron chi connectivity index (χ4n) is 2.41. The Hall–Kier alpha value is -0.900. The first-order valence-corrected chi connectivity index (χ1v) is 7.36. The third-order valence-corrected chi connectivity index (χ3v) is 4.28. The summed E-state index contributed by atoms with van der Waals surface area (Å²) in [7, 11) is 0. The number of hydrogen-bond donors (Lipinski definition) is 1. The van der Waals surface area contributed by atoms with Crippen LogP contribution in [-0.2, 0) is 13.1 Å². The van der Waals surface area contributed by atoms with Crippen molar-refractivity contribution in [3.05, 3.63) is 56.0 Å². The maximum absolute atomic E-state index is 6.31. The van der Waals surface area contributed by atoms with E-state index in [0.29, 0.717) is 10.0 Å². The van der Waals surface area contributed by atoms with Gasteiger partial charge in [0.25, 0.3) is 0 Å². The number of rotatable bonds is 1. The topological polar surface area (TPSA) is 29.3 Å². The molecule has 1 aliphatic heterocycles. The van der Waals surface area contributed by atoms with Crippen LogP contribution in [0.5, 0.6) is 0 Å². The minimum absolute atomic E-state index is 0.653. The third kappa shape index (κ3) is 2.42. The molecular formula is C14H11BrCl2N2. The Morgan fingerprint density at radius 3 is 2.32 bits per heavy atom. The molecule has 0 radical (unpaired) electrons. The van der Waals surface area contributed by atoms with E-state index in [-0.39, 0.29) is 0 Å². The van der Waals surface area contributed by atoms with E-state index in [9.17, 15) is 0 Å². The average Bonchev–Trinajstić information content (AvgIpc) is 2.69. The summed E-state index contributed by atoms with van der Waals surface area (Å²) in [5.74, 6) is 0. The fourth-order valence-corrected chi connectivity index (χ4v) is 3.86. The third-order valence-electron chi connectivity index (χ3n) is 3.25. The highest BCUT2D eigenvalue weighted by Crippen LogP contribution is 2.40. The van der Waals surface area contributed by atoms with Crippen molar-refractivity contribution in [2.75, 3.05) is 10.6 Å². The highest BCUT2D eigenvalue weighted by Gasteiger charge is 2.23. The lowest BCUT2D eigenvalue weighted by Crippen LogP contribution is -2.15. The molecule has 2 nitrogen and oxygen atoms in total. The quantitative estimate of drug-likeness (QED) is 0.738. The predicted octanol–water partition coefficient (Wildman–Crippen LogP) is 4.86. The molecule has 0 saturated carbocycles. The molecule has 0 aromatic heterocycles. The summed E-state index contributed by atoms with van der Waals surface area (Å²) in [6, 6.07) is 9.72. The first-order chi connectivity index (χ1) is 9.04. The first-order valence-electron chi connectivity index (χ1n) is 5.81. The van der Waals surface area contributed by atoms with Crippen LogP contribution >= 0.6 is 39.1 Å². The van der Waals surface area contributed by atoms with Gasteiger partial charge in [-0.05, 0) is 35.4 Å². The molecule has 0 aliphatic carbocycles. The summed E-state index contributed by atoms with van der Waals surface area (Å²) >= 11 is 16.0. The largest absolute Gasteiger partial charge is 0.399 e. The van der Waals surface area contributed by atoms with Crippen molar-refractivity contribution < 1.29 is 0 Å². The van der Waals surface area contributed by atoms with Crippen molar-refractivity contribution in [3.63, 3.8) is 0 Å². The van der Waals surface area contributed by atoms with Crippen LogP contribution in [-0.4, -0.2) is 0 Å². The lowest BCUT2D eigenvalue weighted by molar-refractivity contribution is 0.881. The summed E-state index contributed by atoms with van der Waals surface area (Å²) in [6.45, 7) is 1.58. The number of nitrogen functional groups attached to an aromatic ring is 1. The van der Waals surface area contributed by atoms with Crippen LogP contribution in [0.25, 0.3) is 0 Å². The second kappa shape index (κ2) is 4.89. The molecule has 98 valence electrons. The molecule has 3 rings (SSSR count). The number of anilines is 2. The van der Waals surface area contributed by atoms with Gasteiger partial charge in [-0.15, -0.1) is 0 Å². The Morgan fingerprint density at radius 2 is 1.63 bits per heavy atom. The number of nitrogens with two attached hydrogens (primary N) is 1. The van der Waals surface area contributed by atoms with E-state index in [1.165, 1.54) is 11.1 Å². The van der Waals surface area contributed by atoms with Crippen molar-refractivity contribution in [2.24, 2.45) is 0 Å². The van der Waals surface area contributed by atoms with Gasteiger partial charge in [-0.25, -0.2) is 0 Å². The predicted molar refractivity (Wildman–Crippen MR) is 84.9 cm³/mol. The van der Waals surface area contributed by atoms with Gasteiger partial charge in [-0.3, -0.25) is 0 Å². The molecule has 0 saturated heterocycles. The zero-order valence-corrected chi connectivity index (χ0v) is 13.1. The molecule has 5 heteroatoms. The Bertz CT molecular complexity index is 635. The minimum atomic E-state index is 0.653. The van der Waals surface area contributed by atoms with Crippen LogP contribution in [0.1, 0.15) is 11.1 Å². The Labute approximate surface area is 130 Å². The number of halogens is 3. The van der Waals surface area contributed by atoms with Crippen LogP contribution in [0.15, 0.2) is 34.8 Å². The first kappa shape index (κ1) is 13.1. The molecule has 0 atom stereocenters. The number of benzene rings is 2. The van der Waals surface area contributed by atoms with Crippen molar-refractivity contribution >= 4 is 50.5 Å². The highest BCUT2D eigenvalue weighted by molar-refractivity contribution is 9.10. The van der Waals surface area contributed by atoms with Gasteiger partial charge >= 0.3 is 0 Å². The molecule has 1 heterocycles. The summed E-state index contributed by atoms with van der Waals surface area (Å²) in [6.07, 6.45) is 0. The van der Waals surface area contributed by atoms with E-state index in [0.717, 1.165) is 28.9 Å². The van der Waals surface area contributed by atoms with Gasteiger partial charge in [-0.1, -0.05) is 45.2 Å². The minimum Gasteiger partial charge on any atom is -0.399 e. The second-order valence-electron chi connectivity index (χ2n) is 4.60. The summed E-state index contributed by atoms with van der Waals surface area (Å²) in [4.78, 5) is 2.17. The molecule has 0 spiro atoms. The van der Waals surface area contributed by atoms with Gasteiger partial charge in [0.15, 0.2) is 0 Å². The van der Waals surface area contributed by atoms with E-state index in [2.05, 4.69) is 26.9 Å². The van der Waals surface area contributed by atoms with Gasteiger partial charge in [0, 0.05) is 23.2 Å². The molecule has 1 aliphatic rings. The lowest BCUT2D eigenvalue weighted by Gasteiger charge is -2.21. The zero-order chi connectivity index (χ0) is 13.6. The second-order valence-corrected chi connectivity index (χ2v) is 6.33. The number of nitrogens with zero attached hydrogens (tertiary/aromatic N) is 1. The summed E-state index contributed by atoms with van der Waals surface area (Å²) in [5.41, 5.74) is 9.98. The Kier molecular flexibility index (Phi) is 3.37. The van der Waals surface area contributed by atoms with Crippen LogP contribution in [0, 0.1) is 0 Å². The molecule has 0 unspecified atom stereocenters.